The van der Waals surface area contributed by atoms with Crippen molar-refractivity contribution in [3.63, 3.8) is 0 Å². The van der Waals surface area contributed by atoms with E-state index in [0.29, 0.717) is 22.7 Å². The molecule has 2 aromatic heterocycles. The van der Waals surface area contributed by atoms with Crippen molar-refractivity contribution in [1.29, 1.82) is 0 Å². The molecule has 0 radical (unpaired) electrons. The molecule has 4 nitrogen and oxygen atoms in total. The summed E-state index contributed by atoms with van der Waals surface area (Å²) in [6.45, 7) is 0. The lowest BCUT2D eigenvalue weighted by molar-refractivity contribution is 0.459. The number of hydrogen-bond acceptors (Lipinski definition) is 4. The van der Waals surface area contributed by atoms with Crippen LogP contribution in [0.15, 0.2) is 42.6 Å². The zero-order chi connectivity index (χ0) is 14.2. The van der Waals surface area contributed by atoms with Gasteiger partial charge in [-0.2, -0.15) is 4.98 Å². The number of halogens is 1. The molecule has 0 spiro atoms. The predicted molar refractivity (Wildman–Crippen MR) is 80.8 cm³/mol. The van der Waals surface area contributed by atoms with E-state index in [9.17, 15) is 0 Å². The van der Waals surface area contributed by atoms with Crippen molar-refractivity contribution >= 4 is 22.5 Å². The van der Waals surface area contributed by atoms with Crippen LogP contribution >= 0.6 is 11.6 Å². The van der Waals surface area contributed by atoms with E-state index < -0.39 is 0 Å². The summed E-state index contributed by atoms with van der Waals surface area (Å²) in [5.74, 6) is 2.38. The Hall–Kier alpha value is -2.20. The summed E-state index contributed by atoms with van der Waals surface area (Å²) in [6.07, 6.45) is 4.01. The summed E-state index contributed by atoms with van der Waals surface area (Å²) in [6, 6.07) is 11.3. The summed E-state index contributed by atoms with van der Waals surface area (Å²) in [7, 11) is 0. The Balaban J connectivity index is 1.67. The largest absolute Gasteiger partial charge is 0.439 e. The van der Waals surface area contributed by atoms with Crippen LogP contribution in [0.4, 0.5) is 0 Å². The topological polar surface area (TPSA) is 47.9 Å². The van der Waals surface area contributed by atoms with Crippen molar-refractivity contribution < 1.29 is 4.74 Å². The molecule has 1 saturated carbocycles. The lowest BCUT2D eigenvalue weighted by Gasteiger charge is -2.07. The standard InChI is InChI=1S/C16H12ClN3O/c17-14-9-15(20-16(19-14)11-3-4-11)21-12-6-5-10-2-1-7-18-13(10)8-12/h1-2,5-9,11H,3-4H2. The predicted octanol–water partition coefficient (Wildman–Crippen LogP) is 4.35. The second kappa shape index (κ2) is 4.97. The molecule has 0 unspecified atom stereocenters. The minimum atomic E-state index is 0.417. The number of hydrogen-bond donors (Lipinski definition) is 0. The van der Waals surface area contributed by atoms with Crippen molar-refractivity contribution in [3.05, 3.63) is 53.6 Å². The molecule has 0 amide bonds. The third-order valence-corrected chi connectivity index (χ3v) is 3.62. The highest BCUT2D eigenvalue weighted by Gasteiger charge is 2.27. The molecule has 5 heteroatoms. The van der Waals surface area contributed by atoms with Crippen LogP contribution in [-0.2, 0) is 0 Å². The molecule has 1 aliphatic carbocycles. The van der Waals surface area contributed by atoms with Gasteiger partial charge in [0.05, 0.1) is 5.52 Å². The van der Waals surface area contributed by atoms with E-state index in [1.54, 1.807) is 12.3 Å². The van der Waals surface area contributed by atoms with E-state index in [1.807, 2.05) is 30.3 Å². The van der Waals surface area contributed by atoms with Crippen LogP contribution in [0, 0.1) is 0 Å². The molecule has 1 fully saturated rings. The van der Waals surface area contributed by atoms with Gasteiger partial charge in [-0.1, -0.05) is 17.7 Å². The second-order valence-electron chi connectivity index (χ2n) is 5.12. The Morgan fingerprint density at radius 3 is 2.86 bits per heavy atom. The van der Waals surface area contributed by atoms with Gasteiger partial charge in [-0.3, -0.25) is 4.98 Å². The summed E-state index contributed by atoms with van der Waals surface area (Å²) >= 11 is 6.04. The fourth-order valence-corrected chi connectivity index (χ4v) is 2.40. The average molecular weight is 298 g/mol. The average Bonchev–Trinajstić information content (AvgIpc) is 3.31. The maximum Gasteiger partial charge on any atom is 0.224 e. The number of benzene rings is 1. The highest BCUT2D eigenvalue weighted by Crippen LogP contribution is 2.39. The molecule has 104 valence electrons. The van der Waals surface area contributed by atoms with E-state index in [-0.39, 0.29) is 0 Å². The number of nitrogens with zero attached hydrogens (tertiary/aromatic N) is 3. The number of pyridine rings is 1. The van der Waals surface area contributed by atoms with Gasteiger partial charge in [0.2, 0.25) is 5.88 Å². The van der Waals surface area contributed by atoms with E-state index in [4.69, 9.17) is 16.3 Å². The van der Waals surface area contributed by atoms with Crippen LogP contribution in [-0.4, -0.2) is 15.0 Å². The first-order valence-corrected chi connectivity index (χ1v) is 7.23. The summed E-state index contributed by atoms with van der Waals surface area (Å²) in [5.41, 5.74) is 0.887. The number of aromatic nitrogens is 3. The highest BCUT2D eigenvalue weighted by atomic mass is 35.5. The van der Waals surface area contributed by atoms with Crippen molar-refractivity contribution in [2.45, 2.75) is 18.8 Å². The monoisotopic (exact) mass is 297 g/mol. The Morgan fingerprint density at radius 1 is 1.10 bits per heavy atom. The highest BCUT2D eigenvalue weighted by molar-refractivity contribution is 6.29. The summed E-state index contributed by atoms with van der Waals surface area (Å²) in [5, 5.41) is 1.49. The lowest BCUT2D eigenvalue weighted by Crippen LogP contribution is -1.96. The van der Waals surface area contributed by atoms with Crippen molar-refractivity contribution in [2.24, 2.45) is 0 Å². The Kier molecular flexibility index (Phi) is 2.97. The molecule has 0 atom stereocenters. The van der Waals surface area contributed by atoms with Gasteiger partial charge in [0.1, 0.15) is 16.7 Å². The van der Waals surface area contributed by atoms with Gasteiger partial charge in [0, 0.05) is 29.6 Å². The molecule has 1 aliphatic rings. The maximum absolute atomic E-state index is 6.04. The number of rotatable bonds is 3. The van der Waals surface area contributed by atoms with E-state index in [0.717, 1.165) is 29.6 Å². The third kappa shape index (κ3) is 2.67. The first-order chi connectivity index (χ1) is 10.3. The number of fused-ring (bicyclic) bond motifs is 1. The smallest absolute Gasteiger partial charge is 0.224 e. The molecular formula is C16H12ClN3O. The van der Waals surface area contributed by atoms with Gasteiger partial charge in [0.15, 0.2) is 0 Å². The molecular weight excluding hydrogens is 286 g/mol. The summed E-state index contributed by atoms with van der Waals surface area (Å²) < 4.78 is 5.81. The van der Waals surface area contributed by atoms with Crippen LogP contribution in [0.1, 0.15) is 24.6 Å². The quantitative estimate of drug-likeness (QED) is 0.674. The van der Waals surface area contributed by atoms with Crippen LogP contribution < -0.4 is 4.74 Å². The Morgan fingerprint density at radius 2 is 2.00 bits per heavy atom. The molecule has 0 aliphatic heterocycles. The Labute approximate surface area is 126 Å². The zero-order valence-electron chi connectivity index (χ0n) is 11.2. The first-order valence-electron chi connectivity index (χ1n) is 6.85. The normalized spacial score (nSPS) is 14.3. The molecule has 4 rings (SSSR count). The molecule has 0 saturated heterocycles. The lowest BCUT2D eigenvalue weighted by atomic mass is 10.2. The zero-order valence-corrected chi connectivity index (χ0v) is 11.9. The van der Waals surface area contributed by atoms with Gasteiger partial charge in [-0.05, 0) is 31.0 Å². The first kappa shape index (κ1) is 12.5. The maximum atomic E-state index is 6.04. The minimum Gasteiger partial charge on any atom is -0.439 e. The number of ether oxygens (including phenoxy) is 1. The minimum absolute atomic E-state index is 0.417. The van der Waals surface area contributed by atoms with Gasteiger partial charge in [-0.15, -0.1) is 0 Å². The molecule has 0 bridgehead atoms. The Bertz CT molecular complexity index is 817. The fraction of sp³-hybridized carbons (Fsp3) is 0.188. The van der Waals surface area contributed by atoms with Crippen molar-refractivity contribution in [2.75, 3.05) is 0 Å². The van der Waals surface area contributed by atoms with E-state index in [1.165, 1.54) is 0 Å². The van der Waals surface area contributed by atoms with Gasteiger partial charge < -0.3 is 4.74 Å². The van der Waals surface area contributed by atoms with E-state index >= 15 is 0 Å². The van der Waals surface area contributed by atoms with Crippen LogP contribution in [0.5, 0.6) is 11.6 Å². The van der Waals surface area contributed by atoms with Crippen LogP contribution in [0.25, 0.3) is 10.9 Å². The molecule has 21 heavy (non-hydrogen) atoms. The summed E-state index contributed by atoms with van der Waals surface area (Å²) in [4.78, 5) is 13.0. The van der Waals surface area contributed by atoms with Crippen LogP contribution in [0.3, 0.4) is 0 Å². The molecule has 2 heterocycles. The van der Waals surface area contributed by atoms with Gasteiger partial charge in [0.25, 0.3) is 0 Å². The third-order valence-electron chi connectivity index (χ3n) is 3.43. The second-order valence-corrected chi connectivity index (χ2v) is 5.51. The van der Waals surface area contributed by atoms with Gasteiger partial charge in [-0.25, -0.2) is 4.98 Å². The molecule has 0 N–H and O–H groups in total. The van der Waals surface area contributed by atoms with E-state index in [2.05, 4.69) is 15.0 Å². The molecule has 3 aromatic rings. The van der Waals surface area contributed by atoms with Crippen molar-refractivity contribution in [1.82, 2.24) is 15.0 Å². The fourth-order valence-electron chi connectivity index (χ4n) is 2.22. The van der Waals surface area contributed by atoms with Crippen LogP contribution in [0.2, 0.25) is 5.15 Å². The van der Waals surface area contributed by atoms with Gasteiger partial charge >= 0.3 is 0 Å². The SMILES string of the molecule is Clc1cc(Oc2ccc3cccnc3c2)nc(C2CC2)n1. The van der Waals surface area contributed by atoms with Crippen molar-refractivity contribution in [3.8, 4) is 11.6 Å². The molecule has 1 aromatic carbocycles.